The van der Waals surface area contributed by atoms with Gasteiger partial charge in [0.1, 0.15) is 5.75 Å². The van der Waals surface area contributed by atoms with Gasteiger partial charge in [0.15, 0.2) is 0 Å². The molecule has 9 aromatic rings. The topological polar surface area (TPSA) is 12.5 Å². The van der Waals surface area contributed by atoms with E-state index in [2.05, 4.69) is 242 Å². The monoisotopic (exact) mass is 831 g/mol. The van der Waals surface area contributed by atoms with Gasteiger partial charge in [-0.1, -0.05) is 194 Å². The van der Waals surface area contributed by atoms with E-state index in [1.54, 1.807) is 7.11 Å². The number of nitrogens with zero attached hydrogens (tertiary/aromatic N) is 1. The van der Waals surface area contributed by atoms with Gasteiger partial charge >= 0.3 is 0 Å². The number of fused-ring (bicyclic) bond motifs is 13. The molecule has 13 rings (SSSR count). The Bertz CT molecular complexity index is 3330. The standard InChI is InChI=1S/C63H45NO/c1-65-49-36-30-45(31-37-49)62(44-18-6-3-7-19-44)56-24-12-8-22-52(56)54-38-34-47(40-60(54)62)64(46-32-28-43(29-33-46)42-16-4-2-5-17-42)48-35-39-55-53-23-11-15-27-59(53)63(61(55)41-48)57-25-13-9-20-50(57)51-21-10-14-26-58(51)63/h2-40,61H,41H2,1H3. The fourth-order valence-corrected chi connectivity index (χ4v) is 12.4. The van der Waals surface area contributed by atoms with Crippen molar-refractivity contribution in [1.82, 2.24) is 0 Å². The molecule has 308 valence electrons. The summed E-state index contributed by atoms with van der Waals surface area (Å²) in [4.78, 5) is 2.55. The molecule has 0 saturated heterocycles. The van der Waals surface area contributed by atoms with Gasteiger partial charge in [-0.2, -0.15) is 0 Å². The lowest BCUT2D eigenvalue weighted by Crippen LogP contribution is -2.35. The number of allylic oxidation sites excluding steroid dienone is 4. The molecule has 4 aliphatic carbocycles. The predicted molar refractivity (Wildman–Crippen MR) is 267 cm³/mol. The van der Waals surface area contributed by atoms with Crippen molar-refractivity contribution < 1.29 is 4.74 Å². The van der Waals surface area contributed by atoms with Crippen LogP contribution in [-0.2, 0) is 10.8 Å². The summed E-state index contributed by atoms with van der Waals surface area (Å²) in [5, 5.41) is 0. The smallest absolute Gasteiger partial charge is 0.118 e. The number of hydrogen-bond donors (Lipinski definition) is 0. The third-order valence-corrected chi connectivity index (χ3v) is 15.0. The second-order valence-electron chi connectivity index (χ2n) is 17.8. The molecule has 0 radical (unpaired) electrons. The van der Waals surface area contributed by atoms with E-state index in [0.717, 1.165) is 23.5 Å². The van der Waals surface area contributed by atoms with Crippen LogP contribution in [0.15, 0.2) is 242 Å². The molecule has 2 unspecified atom stereocenters. The zero-order chi connectivity index (χ0) is 43.1. The summed E-state index contributed by atoms with van der Waals surface area (Å²) in [6.07, 6.45) is 5.71. The normalized spacial score (nSPS) is 17.8. The highest BCUT2D eigenvalue weighted by atomic mass is 16.5. The summed E-state index contributed by atoms with van der Waals surface area (Å²) in [5.74, 6) is 1.02. The van der Waals surface area contributed by atoms with E-state index >= 15 is 0 Å². The van der Waals surface area contributed by atoms with Gasteiger partial charge in [0, 0.05) is 23.0 Å². The summed E-state index contributed by atoms with van der Waals surface area (Å²) in [6, 6.07) is 83.5. The van der Waals surface area contributed by atoms with E-state index in [-0.39, 0.29) is 11.3 Å². The third-order valence-electron chi connectivity index (χ3n) is 15.0. The number of methoxy groups -OCH3 is 1. The molecular formula is C63H45NO. The highest BCUT2D eigenvalue weighted by Crippen LogP contribution is 2.66. The number of rotatable bonds is 7. The Labute approximate surface area is 381 Å². The Morgan fingerprint density at radius 2 is 0.908 bits per heavy atom. The molecule has 0 saturated carbocycles. The SMILES string of the molecule is COc1ccc(C2(c3ccccc3)c3ccccc3-c3ccc(N(C4=CC=C5c6ccccc6C6(c7ccccc7-c7ccccc76)C5C4)c4ccc(-c5ccccc5)cc4)cc32)cc1. The predicted octanol–water partition coefficient (Wildman–Crippen LogP) is 15.2. The molecule has 0 N–H and O–H groups in total. The van der Waals surface area contributed by atoms with Crippen LogP contribution < -0.4 is 9.64 Å². The van der Waals surface area contributed by atoms with E-state index in [4.69, 9.17) is 4.74 Å². The van der Waals surface area contributed by atoms with Crippen molar-refractivity contribution in [3.8, 4) is 39.1 Å². The molecule has 9 aromatic carbocycles. The van der Waals surface area contributed by atoms with Gasteiger partial charge in [0.05, 0.1) is 17.9 Å². The van der Waals surface area contributed by atoms with Crippen LogP contribution in [0.3, 0.4) is 0 Å². The largest absolute Gasteiger partial charge is 0.497 e. The lowest BCUT2D eigenvalue weighted by Gasteiger charge is -2.40. The van der Waals surface area contributed by atoms with Crippen LogP contribution in [0.1, 0.15) is 50.9 Å². The first-order chi connectivity index (χ1) is 32.2. The molecular weight excluding hydrogens is 787 g/mol. The molecule has 0 amide bonds. The zero-order valence-corrected chi connectivity index (χ0v) is 36.2. The zero-order valence-electron chi connectivity index (χ0n) is 36.2. The van der Waals surface area contributed by atoms with E-state index in [1.165, 1.54) is 89.2 Å². The molecule has 2 nitrogen and oxygen atoms in total. The highest BCUT2D eigenvalue weighted by molar-refractivity contribution is 5.94. The Morgan fingerprint density at radius 3 is 1.55 bits per heavy atom. The molecule has 0 aromatic heterocycles. The lowest BCUT2D eigenvalue weighted by atomic mass is 9.65. The summed E-state index contributed by atoms with van der Waals surface area (Å²) in [7, 11) is 1.74. The van der Waals surface area contributed by atoms with Crippen LogP contribution in [0.5, 0.6) is 5.75 Å². The van der Waals surface area contributed by atoms with Crippen LogP contribution in [0, 0.1) is 5.92 Å². The van der Waals surface area contributed by atoms with Gasteiger partial charge in [-0.3, -0.25) is 0 Å². The van der Waals surface area contributed by atoms with Crippen LogP contribution in [0.25, 0.3) is 39.0 Å². The highest BCUT2D eigenvalue weighted by Gasteiger charge is 2.57. The van der Waals surface area contributed by atoms with Gasteiger partial charge < -0.3 is 9.64 Å². The van der Waals surface area contributed by atoms with Crippen molar-refractivity contribution in [2.24, 2.45) is 5.92 Å². The van der Waals surface area contributed by atoms with Crippen LogP contribution >= 0.6 is 0 Å². The molecule has 0 bridgehead atoms. The van der Waals surface area contributed by atoms with Crippen LogP contribution in [0.4, 0.5) is 11.4 Å². The number of anilines is 2. The summed E-state index contributed by atoms with van der Waals surface area (Å²) < 4.78 is 5.72. The van der Waals surface area contributed by atoms with Crippen molar-refractivity contribution in [3.63, 3.8) is 0 Å². The lowest BCUT2D eigenvalue weighted by molar-refractivity contribution is 0.414. The maximum absolute atomic E-state index is 5.72. The first kappa shape index (κ1) is 37.6. The average molecular weight is 832 g/mol. The molecule has 0 aliphatic heterocycles. The minimum atomic E-state index is -0.569. The second-order valence-corrected chi connectivity index (χ2v) is 17.8. The first-order valence-corrected chi connectivity index (χ1v) is 22.8. The maximum atomic E-state index is 5.72. The van der Waals surface area contributed by atoms with E-state index in [1.807, 2.05) is 0 Å². The third kappa shape index (κ3) is 5.29. The molecule has 2 atom stereocenters. The van der Waals surface area contributed by atoms with Crippen LogP contribution in [0.2, 0.25) is 0 Å². The van der Waals surface area contributed by atoms with Gasteiger partial charge in [0.2, 0.25) is 0 Å². The minimum Gasteiger partial charge on any atom is -0.497 e. The van der Waals surface area contributed by atoms with E-state index in [9.17, 15) is 0 Å². The fraction of sp³-hybridized carbons (Fsp3) is 0.0794. The number of ether oxygens (including phenoxy) is 1. The minimum absolute atomic E-state index is 0.178. The quantitative estimate of drug-likeness (QED) is 0.159. The molecule has 2 heteroatoms. The summed E-state index contributed by atoms with van der Waals surface area (Å²) in [5.41, 5.74) is 22.3. The Morgan fingerprint density at radius 1 is 0.415 bits per heavy atom. The summed E-state index contributed by atoms with van der Waals surface area (Å²) in [6.45, 7) is 0. The Balaban J connectivity index is 1.04. The summed E-state index contributed by atoms with van der Waals surface area (Å²) >= 11 is 0. The average Bonchev–Trinajstić information content (AvgIpc) is 3.97. The van der Waals surface area contributed by atoms with Crippen molar-refractivity contribution in [2.75, 3.05) is 12.0 Å². The van der Waals surface area contributed by atoms with Gasteiger partial charge in [-0.15, -0.1) is 0 Å². The second kappa shape index (κ2) is 14.6. The first-order valence-electron chi connectivity index (χ1n) is 22.8. The maximum Gasteiger partial charge on any atom is 0.118 e. The van der Waals surface area contributed by atoms with Gasteiger partial charge in [-0.25, -0.2) is 0 Å². The van der Waals surface area contributed by atoms with Crippen molar-refractivity contribution in [2.45, 2.75) is 17.3 Å². The molecule has 0 fully saturated rings. The number of benzene rings is 9. The van der Waals surface area contributed by atoms with Crippen molar-refractivity contribution in [1.29, 1.82) is 0 Å². The number of hydrogen-bond acceptors (Lipinski definition) is 2. The Hall–Kier alpha value is -7.94. The Kier molecular flexibility index (Phi) is 8.42. The molecule has 4 aliphatic rings. The molecule has 1 spiro atoms. The molecule has 65 heavy (non-hydrogen) atoms. The van der Waals surface area contributed by atoms with Crippen molar-refractivity contribution >= 4 is 16.9 Å². The van der Waals surface area contributed by atoms with Gasteiger partial charge in [-0.05, 0) is 132 Å². The van der Waals surface area contributed by atoms with Gasteiger partial charge in [0.25, 0.3) is 0 Å². The van der Waals surface area contributed by atoms with Crippen LogP contribution in [-0.4, -0.2) is 7.11 Å². The fourth-order valence-electron chi connectivity index (χ4n) is 12.4. The van der Waals surface area contributed by atoms with Crippen molar-refractivity contribution in [3.05, 3.63) is 287 Å². The van der Waals surface area contributed by atoms with E-state index < -0.39 is 5.41 Å². The van der Waals surface area contributed by atoms with E-state index in [0.29, 0.717) is 0 Å². The molecule has 0 heterocycles.